The van der Waals surface area contributed by atoms with E-state index in [2.05, 4.69) is 9.85 Å². The van der Waals surface area contributed by atoms with Crippen LogP contribution in [0.15, 0.2) is 0 Å². The molecule has 0 unspecified atom stereocenters. The van der Waals surface area contributed by atoms with Crippen molar-refractivity contribution in [3.63, 3.8) is 0 Å². The van der Waals surface area contributed by atoms with Crippen molar-refractivity contribution in [3.8, 4) is 9.85 Å². The molecule has 0 saturated carbocycles. The second kappa shape index (κ2) is 6.00. The summed E-state index contributed by atoms with van der Waals surface area (Å²) in [6, 6.07) is 0. The predicted molar refractivity (Wildman–Crippen MR) is 65.7 cm³/mol. The van der Waals surface area contributed by atoms with E-state index in [1.165, 1.54) is 15.7 Å². The first-order valence-electron chi connectivity index (χ1n) is 4.46. The highest BCUT2D eigenvalue weighted by Crippen LogP contribution is 2.08. The third-order valence-corrected chi connectivity index (χ3v) is 4.37. The van der Waals surface area contributed by atoms with E-state index >= 15 is 0 Å². The van der Waals surface area contributed by atoms with Crippen LogP contribution in [0.25, 0.3) is 0 Å². The smallest absolute Gasteiger partial charge is 0.282 e. The number of hydrogen-bond acceptors (Lipinski definition) is 3. The average Bonchev–Trinajstić information content (AvgIpc) is 2.27. The molecule has 5 nitrogen and oxygen atoms in total. The number of hydrogen-bond donors (Lipinski definition) is 0. The lowest BCUT2D eigenvalue weighted by atomic mass is 10.5. The summed E-state index contributed by atoms with van der Waals surface area (Å²) in [6.45, 7) is 1.99. The van der Waals surface area contributed by atoms with Gasteiger partial charge in [0.25, 0.3) is 10.2 Å². The van der Waals surface area contributed by atoms with E-state index < -0.39 is 10.2 Å². The minimum atomic E-state index is -3.35. The molecule has 7 heteroatoms. The third-order valence-electron chi connectivity index (χ3n) is 2.06. The average molecular weight is 344 g/mol. The van der Waals surface area contributed by atoms with Crippen LogP contribution in [0.4, 0.5) is 0 Å². The van der Waals surface area contributed by atoms with Gasteiger partial charge in [0.15, 0.2) is 0 Å². The first kappa shape index (κ1) is 13.2. The van der Waals surface area contributed by atoms with Gasteiger partial charge in [-0.25, -0.2) is 0 Å². The molecule has 0 radical (unpaired) electrons. The molecule has 1 aliphatic rings. The van der Waals surface area contributed by atoms with Crippen LogP contribution in [0.3, 0.4) is 0 Å². The van der Waals surface area contributed by atoms with Crippen LogP contribution in [0.1, 0.15) is 0 Å². The van der Waals surface area contributed by atoms with Gasteiger partial charge in [-0.1, -0.05) is 5.92 Å². The van der Waals surface area contributed by atoms with Gasteiger partial charge < -0.3 is 4.74 Å². The first-order valence-corrected chi connectivity index (χ1v) is 6.94. The standard InChI is InChI=1S/C8H13IN2O3S/c1-10(4-2-3-9)15(12,13)11-5-7-14-8-6-11/h4-8H2,1H3. The molecule has 15 heavy (non-hydrogen) atoms. The molecule has 1 fully saturated rings. The summed E-state index contributed by atoms with van der Waals surface area (Å²) in [5, 5.41) is 0. The second-order valence-corrected chi connectivity index (χ2v) is 5.62. The van der Waals surface area contributed by atoms with Gasteiger partial charge in [0.05, 0.1) is 19.8 Å². The summed E-state index contributed by atoms with van der Waals surface area (Å²) < 4.78 is 34.3. The van der Waals surface area contributed by atoms with Crippen molar-refractivity contribution in [1.82, 2.24) is 8.61 Å². The van der Waals surface area contributed by atoms with Gasteiger partial charge in [-0.15, -0.1) is 0 Å². The molecule has 86 valence electrons. The molecule has 0 aromatic rings. The van der Waals surface area contributed by atoms with Crippen LogP contribution in [0, 0.1) is 9.85 Å². The van der Waals surface area contributed by atoms with Gasteiger partial charge >= 0.3 is 0 Å². The van der Waals surface area contributed by atoms with Gasteiger partial charge in [0.1, 0.15) is 0 Å². The second-order valence-electron chi connectivity index (χ2n) is 3.05. The maximum absolute atomic E-state index is 11.9. The van der Waals surface area contributed by atoms with E-state index in [1.54, 1.807) is 0 Å². The van der Waals surface area contributed by atoms with Crippen molar-refractivity contribution in [2.75, 3.05) is 39.9 Å². The zero-order chi connectivity index (χ0) is 11.3. The Hall–Kier alpha value is 0.120. The van der Waals surface area contributed by atoms with Crippen LogP contribution in [0.5, 0.6) is 0 Å². The molecule has 0 amide bonds. The summed E-state index contributed by atoms with van der Waals surface area (Å²) in [5.74, 6) is 2.72. The van der Waals surface area contributed by atoms with Gasteiger partial charge in [-0.3, -0.25) is 0 Å². The van der Waals surface area contributed by atoms with Crippen molar-refractivity contribution in [1.29, 1.82) is 0 Å². The largest absolute Gasteiger partial charge is 0.379 e. The fourth-order valence-corrected chi connectivity index (χ4v) is 2.60. The number of nitrogens with zero attached hydrogens (tertiary/aromatic N) is 2. The van der Waals surface area contributed by atoms with E-state index in [0.717, 1.165) is 0 Å². The van der Waals surface area contributed by atoms with Crippen LogP contribution >= 0.6 is 22.6 Å². The summed E-state index contributed by atoms with van der Waals surface area (Å²) in [4.78, 5) is 0. The molecule has 0 atom stereocenters. The molecular formula is C8H13IN2O3S. The molecule has 0 aromatic carbocycles. The zero-order valence-corrected chi connectivity index (χ0v) is 11.4. The maximum atomic E-state index is 11.9. The Morgan fingerprint density at radius 2 is 2.07 bits per heavy atom. The Labute approximate surface area is 104 Å². The van der Waals surface area contributed by atoms with E-state index in [0.29, 0.717) is 26.3 Å². The molecule has 0 aromatic heterocycles. The Bertz CT molecular complexity index is 354. The topological polar surface area (TPSA) is 49.9 Å². The van der Waals surface area contributed by atoms with Gasteiger partial charge in [-0.2, -0.15) is 17.0 Å². The fraction of sp³-hybridized carbons (Fsp3) is 0.750. The number of morpholine rings is 1. The summed E-state index contributed by atoms with van der Waals surface area (Å²) in [5.41, 5.74) is 0. The van der Waals surface area contributed by atoms with E-state index in [-0.39, 0.29) is 6.54 Å². The zero-order valence-electron chi connectivity index (χ0n) is 8.44. The van der Waals surface area contributed by atoms with E-state index in [9.17, 15) is 8.42 Å². The molecule has 1 saturated heterocycles. The summed E-state index contributed by atoms with van der Waals surface area (Å²) in [7, 11) is -1.82. The van der Waals surface area contributed by atoms with Crippen LogP contribution in [-0.2, 0) is 14.9 Å². The Morgan fingerprint density at radius 1 is 1.47 bits per heavy atom. The summed E-state index contributed by atoms with van der Waals surface area (Å²) >= 11 is 1.89. The lowest BCUT2D eigenvalue weighted by molar-refractivity contribution is 0.0708. The molecule has 1 heterocycles. The van der Waals surface area contributed by atoms with Gasteiger partial charge in [-0.05, 0) is 3.93 Å². The van der Waals surface area contributed by atoms with Gasteiger partial charge in [0.2, 0.25) is 0 Å². The molecule has 0 N–H and O–H groups in total. The van der Waals surface area contributed by atoms with Gasteiger partial charge in [0, 0.05) is 42.7 Å². The van der Waals surface area contributed by atoms with Crippen LogP contribution < -0.4 is 0 Å². The molecule has 0 aliphatic carbocycles. The maximum Gasteiger partial charge on any atom is 0.282 e. The normalized spacial score (nSPS) is 18.6. The van der Waals surface area contributed by atoms with E-state index in [4.69, 9.17) is 4.74 Å². The van der Waals surface area contributed by atoms with Crippen molar-refractivity contribution < 1.29 is 13.2 Å². The molecule has 1 rings (SSSR count). The Kier molecular flexibility index (Phi) is 5.28. The predicted octanol–water partition coefficient (Wildman–Crippen LogP) is -0.109. The highest BCUT2D eigenvalue weighted by Gasteiger charge is 2.27. The monoisotopic (exact) mass is 344 g/mol. The fourth-order valence-electron chi connectivity index (χ4n) is 1.20. The molecular weight excluding hydrogens is 331 g/mol. The Balaban J connectivity index is 2.66. The van der Waals surface area contributed by atoms with Crippen molar-refractivity contribution in [2.24, 2.45) is 0 Å². The first-order chi connectivity index (χ1) is 7.09. The van der Waals surface area contributed by atoms with Crippen molar-refractivity contribution in [3.05, 3.63) is 0 Å². The number of ether oxygens (including phenoxy) is 1. The van der Waals surface area contributed by atoms with Crippen LogP contribution in [-0.4, -0.2) is 56.9 Å². The molecule has 1 aliphatic heterocycles. The minimum absolute atomic E-state index is 0.225. The summed E-state index contributed by atoms with van der Waals surface area (Å²) in [6.07, 6.45) is 0. The lowest BCUT2D eigenvalue weighted by Gasteiger charge is -2.29. The highest BCUT2D eigenvalue weighted by molar-refractivity contribution is 14.1. The van der Waals surface area contributed by atoms with Crippen molar-refractivity contribution >= 4 is 32.8 Å². The SMILES string of the molecule is CN(CC#CI)S(=O)(=O)N1CCOCC1. The van der Waals surface area contributed by atoms with Crippen molar-refractivity contribution in [2.45, 2.75) is 0 Å². The highest BCUT2D eigenvalue weighted by atomic mass is 127. The molecule has 0 bridgehead atoms. The lowest BCUT2D eigenvalue weighted by Crippen LogP contribution is -2.47. The molecule has 0 spiro atoms. The van der Waals surface area contributed by atoms with Crippen LogP contribution in [0.2, 0.25) is 0 Å². The number of rotatable bonds is 3. The Morgan fingerprint density at radius 3 is 2.60 bits per heavy atom. The minimum Gasteiger partial charge on any atom is -0.379 e. The van der Waals surface area contributed by atoms with E-state index in [1.807, 2.05) is 22.6 Å². The third kappa shape index (κ3) is 3.57. The quantitative estimate of drug-likeness (QED) is 0.530. The number of halogens is 1.